The maximum Gasteiger partial charge on any atom is 0.341 e. The van der Waals surface area contributed by atoms with Crippen molar-refractivity contribution in [2.24, 2.45) is 23.7 Å². The highest BCUT2D eigenvalue weighted by Crippen LogP contribution is 2.53. The number of fused-ring (bicyclic) bond motifs is 3. The number of esters is 1. The number of ether oxygens (including phenoxy) is 1. The van der Waals surface area contributed by atoms with Gasteiger partial charge in [0.15, 0.2) is 0 Å². The van der Waals surface area contributed by atoms with Crippen molar-refractivity contribution in [3.05, 3.63) is 16.0 Å². The number of anilines is 1. The van der Waals surface area contributed by atoms with Gasteiger partial charge in [0.05, 0.1) is 24.5 Å². The lowest BCUT2D eigenvalue weighted by Gasteiger charge is -2.26. The molecular formula is C20H25NO5S. The summed E-state index contributed by atoms with van der Waals surface area (Å²) < 4.78 is 4.98. The quantitative estimate of drug-likeness (QED) is 0.605. The molecule has 0 unspecified atom stereocenters. The summed E-state index contributed by atoms with van der Waals surface area (Å²) in [6.07, 6.45) is 7.59. The summed E-state index contributed by atoms with van der Waals surface area (Å²) >= 11 is 1.46. The van der Waals surface area contributed by atoms with E-state index >= 15 is 0 Å². The van der Waals surface area contributed by atoms with Crippen LogP contribution in [0.15, 0.2) is 0 Å². The highest BCUT2D eigenvalue weighted by Gasteiger charge is 2.54. The van der Waals surface area contributed by atoms with Gasteiger partial charge in [0.25, 0.3) is 0 Å². The first-order valence-electron chi connectivity index (χ1n) is 9.77. The van der Waals surface area contributed by atoms with Gasteiger partial charge < -0.3 is 15.2 Å². The fourth-order valence-corrected chi connectivity index (χ4v) is 6.65. The predicted molar refractivity (Wildman–Crippen MR) is 101 cm³/mol. The van der Waals surface area contributed by atoms with Crippen molar-refractivity contribution < 1.29 is 24.2 Å². The zero-order valence-corrected chi connectivity index (χ0v) is 16.3. The van der Waals surface area contributed by atoms with Gasteiger partial charge in [-0.25, -0.2) is 4.79 Å². The molecule has 2 fully saturated rings. The number of aliphatic carboxylic acids is 1. The van der Waals surface area contributed by atoms with Crippen LogP contribution in [0.3, 0.4) is 0 Å². The number of thiophene rings is 1. The number of carbonyl (C=O) groups is 3. The molecule has 7 heteroatoms. The van der Waals surface area contributed by atoms with Crippen molar-refractivity contribution in [2.45, 2.75) is 51.4 Å². The maximum atomic E-state index is 13.0. The second-order valence-corrected chi connectivity index (χ2v) is 9.08. The maximum absolute atomic E-state index is 13.0. The molecule has 146 valence electrons. The van der Waals surface area contributed by atoms with Crippen LogP contribution in [0.5, 0.6) is 0 Å². The summed E-state index contributed by atoms with van der Waals surface area (Å²) in [4.78, 5) is 38.3. The Morgan fingerprint density at radius 1 is 1.07 bits per heavy atom. The zero-order chi connectivity index (χ0) is 19.1. The highest BCUT2D eigenvalue weighted by molar-refractivity contribution is 7.17. The van der Waals surface area contributed by atoms with E-state index in [2.05, 4.69) is 5.32 Å². The number of hydrogen-bond donors (Lipinski definition) is 2. The van der Waals surface area contributed by atoms with Gasteiger partial charge in [0, 0.05) is 4.88 Å². The Balaban J connectivity index is 1.63. The van der Waals surface area contributed by atoms with Gasteiger partial charge in [0.1, 0.15) is 5.00 Å². The van der Waals surface area contributed by atoms with Crippen LogP contribution >= 0.6 is 11.3 Å². The molecular weight excluding hydrogens is 366 g/mol. The van der Waals surface area contributed by atoms with Gasteiger partial charge in [0.2, 0.25) is 5.91 Å². The van der Waals surface area contributed by atoms with Gasteiger partial charge >= 0.3 is 11.9 Å². The SMILES string of the molecule is COC(=O)c1c(NC(=O)[C@H]2[C@@H]3CC[C@@H](C3)[C@@H]2C(=O)O)sc2c1CCCCC2. The molecule has 4 atom stereocenters. The minimum atomic E-state index is -0.877. The lowest BCUT2D eigenvalue weighted by atomic mass is 9.79. The van der Waals surface area contributed by atoms with Crippen LogP contribution in [0.2, 0.25) is 0 Å². The molecule has 2 N–H and O–H groups in total. The van der Waals surface area contributed by atoms with Crippen LogP contribution in [0.4, 0.5) is 5.00 Å². The summed E-state index contributed by atoms with van der Waals surface area (Å²) in [7, 11) is 1.35. The molecule has 1 aromatic heterocycles. The van der Waals surface area contributed by atoms with E-state index in [0.29, 0.717) is 10.6 Å². The fourth-order valence-electron chi connectivity index (χ4n) is 5.37. The van der Waals surface area contributed by atoms with Gasteiger partial charge in [-0.3, -0.25) is 9.59 Å². The third kappa shape index (κ3) is 3.16. The molecule has 1 aromatic rings. The van der Waals surface area contributed by atoms with Gasteiger partial charge in [-0.05, 0) is 62.3 Å². The van der Waals surface area contributed by atoms with Crippen LogP contribution in [0.25, 0.3) is 0 Å². The molecule has 2 bridgehead atoms. The second-order valence-electron chi connectivity index (χ2n) is 7.97. The summed E-state index contributed by atoms with van der Waals surface area (Å²) in [5, 5.41) is 13.1. The first-order chi connectivity index (χ1) is 13.0. The van der Waals surface area contributed by atoms with E-state index in [1.165, 1.54) is 18.4 Å². The molecule has 27 heavy (non-hydrogen) atoms. The topological polar surface area (TPSA) is 92.7 Å². The number of rotatable bonds is 4. The second kappa shape index (κ2) is 7.26. The Hall–Kier alpha value is -1.89. The molecule has 0 saturated heterocycles. The van der Waals surface area contributed by atoms with Crippen molar-refractivity contribution in [3.8, 4) is 0 Å². The monoisotopic (exact) mass is 391 g/mol. The van der Waals surface area contributed by atoms with E-state index in [1.54, 1.807) is 0 Å². The number of methoxy groups -OCH3 is 1. The van der Waals surface area contributed by atoms with Gasteiger partial charge in [-0.15, -0.1) is 11.3 Å². The minimum absolute atomic E-state index is 0.100. The largest absolute Gasteiger partial charge is 0.481 e. The number of amides is 1. The minimum Gasteiger partial charge on any atom is -0.481 e. The number of nitrogens with one attached hydrogen (secondary N) is 1. The molecule has 1 amide bonds. The first-order valence-corrected chi connectivity index (χ1v) is 10.6. The standard InChI is InChI=1S/C20H25NO5S/c1-26-20(25)16-12-5-3-2-4-6-13(12)27-18(16)21-17(22)14-10-7-8-11(9-10)15(14)19(23)24/h10-11,14-15H,2-9H2,1H3,(H,21,22)(H,23,24)/t10-,11+,14+,15+/m1/s1. The fraction of sp³-hybridized carbons (Fsp3) is 0.650. The van der Waals surface area contributed by atoms with Crippen molar-refractivity contribution in [2.75, 3.05) is 12.4 Å². The highest BCUT2D eigenvalue weighted by atomic mass is 32.1. The van der Waals surface area contributed by atoms with Crippen LogP contribution < -0.4 is 5.32 Å². The van der Waals surface area contributed by atoms with Crippen molar-refractivity contribution in [1.29, 1.82) is 0 Å². The van der Waals surface area contributed by atoms with Crippen LogP contribution in [0.1, 0.15) is 59.3 Å². The Kier molecular flexibility index (Phi) is 4.97. The molecule has 4 rings (SSSR count). The predicted octanol–water partition coefficient (Wildman–Crippen LogP) is 3.49. The summed E-state index contributed by atoms with van der Waals surface area (Å²) in [6.45, 7) is 0. The van der Waals surface area contributed by atoms with Crippen molar-refractivity contribution in [3.63, 3.8) is 0 Å². The van der Waals surface area contributed by atoms with E-state index in [0.717, 1.165) is 61.8 Å². The summed E-state index contributed by atoms with van der Waals surface area (Å²) in [6, 6.07) is 0. The smallest absolute Gasteiger partial charge is 0.341 e. The molecule has 0 radical (unpaired) electrons. The van der Waals surface area contributed by atoms with Crippen LogP contribution in [-0.2, 0) is 27.2 Å². The molecule has 2 saturated carbocycles. The molecule has 6 nitrogen and oxygen atoms in total. The molecule has 0 spiro atoms. The molecule has 0 aromatic carbocycles. The molecule has 3 aliphatic rings. The average molecular weight is 391 g/mol. The van der Waals surface area contributed by atoms with Gasteiger partial charge in [-0.1, -0.05) is 6.42 Å². The normalized spacial score (nSPS) is 29.1. The molecule has 1 heterocycles. The van der Waals surface area contributed by atoms with E-state index < -0.39 is 23.8 Å². The zero-order valence-electron chi connectivity index (χ0n) is 15.5. The Bertz CT molecular complexity index is 786. The summed E-state index contributed by atoms with van der Waals surface area (Å²) in [5.41, 5.74) is 1.48. The third-order valence-corrected chi connectivity index (χ3v) is 7.76. The van der Waals surface area contributed by atoms with E-state index in [-0.39, 0.29) is 17.7 Å². The van der Waals surface area contributed by atoms with Crippen LogP contribution in [-0.4, -0.2) is 30.1 Å². The lowest BCUT2D eigenvalue weighted by Crippen LogP contribution is -2.38. The Morgan fingerprint density at radius 2 is 1.78 bits per heavy atom. The van der Waals surface area contributed by atoms with E-state index in [9.17, 15) is 19.5 Å². The number of carbonyl (C=O) groups excluding carboxylic acids is 2. The first kappa shape index (κ1) is 18.5. The molecule has 0 aliphatic heterocycles. The lowest BCUT2D eigenvalue weighted by molar-refractivity contribution is -0.148. The van der Waals surface area contributed by atoms with Crippen LogP contribution in [0, 0.1) is 23.7 Å². The Morgan fingerprint density at radius 3 is 2.48 bits per heavy atom. The van der Waals surface area contributed by atoms with Gasteiger partial charge in [-0.2, -0.15) is 0 Å². The number of aryl methyl sites for hydroxylation is 1. The molecule has 3 aliphatic carbocycles. The number of hydrogen-bond acceptors (Lipinski definition) is 5. The Labute approximate surface area is 162 Å². The summed E-state index contributed by atoms with van der Waals surface area (Å²) in [5.74, 6) is -2.43. The number of carboxylic acids is 1. The van der Waals surface area contributed by atoms with E-state index in [4.69, 9.17) is 4.74 Å². The van der Waals surface area contributed by atoms with Crippen molar-refractivity contribution in [1.82, 2.24) is 0 Å². The number of carboxylic acid groups (broad SMARTS) is 1. The van der Waals surface area contributed by atoms with E-state index in [1.807, 2.05) is 0 Å². The average Bonchev–Trinajstić information content (AvgIpc) is 3.30. The third-order valence-electron chi connectivity index (χ3n) is 6.55. The van der Waals surface area contributed by atoms with Crippen molar-refractivity contribution >= 4 is 34.2 Å².